The average molecular weight is 301 g/mol. The standard InChI is InChI=1S/C15H24N2O2.ClH/c1-11(2)10-13(16)15(18)17-8-9-19-14-7-5-4-6-12(14)3;/h4-7,11,13H,8-10,16H2,1-3H3,(H,17,18);1H/t13-;/m0./s1. The van der Waals surface area contributed by atoms with Crippen LogP contribution in [0.25, 0.3) is 0 Å². The monoisotopic (exact) mass is 300 g/mol. The smallest absolute Gasteiger partial charge is 0.237 e. The van der Waals surface area contributed by atoms with Crippen molar-refractivity contribution in [3.8, 4) is 5.75 Å². The molecule has 0 bridgehead atoms. The van der Waals surface area contributed by atoms with Crippen LogP contribution in [0, 0.1) is 12.8 Å². The highest BCUT2D eigenvalue weighted by Crippen LogP contribution is 2.15. The summed E-state index contributed by atoms with van der Waals surface area (Å²) in [5.74, 6) is 1.16. The summed E-state index contributed by atoms with van der Waals surface area (Å²) < 4.78 is 5.59. The van der Waals surface area contributed by atoms with Gasteiger partial charge < -0.3 is 15.8 Å². The minimum atomic E-state index is -0.432. The SMILES string of the molecule is Cc1ccccc1OCCNC(=O)[C@@H](N)CC(C)C.Cl. The van der Waals surface area contributed by atoms with Crippen LogP contribution in [-0.4, -0.2) is 25.1 Å². The molecule has 0 aliphatic rings. The Morgan fingerprint density at radius 1 is 1.35 bits per heavy atom. The normalized spacial score (nSPS) is 11.7. The molecule has 0 fully saturated rings. The molecule has 1 aromatic carbocycles. The van der Waals surface area contributed by atoms with E-state index in [4.69, 9.17) is 10.5 Å². The largest absolute Gasteiger partial charge is 0.491 e. The molecule has 5 heteroatoms. The van der Waals surface area contributed by atoms with E-state index in [1.165, 1.54) is 0 Å². The Morgan fingerprint density at radius 2 is 2.00 bits per heavy atom. The van der Waals surface area contributed by atoms with Gasteiger partial charge in [0.25, 0.3) is 0 Å². The minimum Gasteiger partial charge on any atom is -0.491 e. The number of nitrogens with two attached hydrogens (primary N) is 1. The first-order valence-corrected chi connectivity index (χ1v) is 6.72. The highest BCUT2D eigenvalue weighted by molar-refractivity contribution is 5.85. The number of benzene rings is 1. The number of hydrogen-bond acceptors (Lipinski definition) is 3. The van der Waals surface area contributed by atoms with Crippen molar-refractivity contribution in [2.75, 3.05) is 13.2 Å². The maximum Gasteiger partial charge on any atom is 0.237 e. The maximum atomic E-state index is 11.7. The van der Waals surface area contributed by atoms with E-state index in [1.54, 1.807) is 0 Å². The number of halogens is 1. The summed E-state index contributed by atoms with van der Waals surface area (Å²) in [5.41, 5.74) is 6.87. The summed E-state index contributed by atoms with van der Waals surface area (Å²) >= 11 is 0. The van der Waals surface area contributed by atoms with Crippen LogP contribution in [0.1, 0.15) is 25.8 Å². The summed E-state index contributed by atoms with van der Waals surface area (Å²) in [4.78, 5) is 11.7. The fourth-order valence-corrected chi connectivity index (χ4v) is 1.80. The van der Waals surface area contributed by atoms with Crippen molar-refractivity contribution in [1.29, 1.82) is 0 Å². The predicted octanol–water partition coefficient (Wildman–Crippen LogP) is 2.29. The molecule has 0 radical (unpaired) electrons. The third-order valence-electron chi connectivity index (χ3n) is 2.81. The molecule has 3 N–H and O–H groups in total. The van der Waals surface area contributed by atoms with Crippen molar-refractivity contribution in [2.45, 2.75) is 33.2 Å². The number of rotatable bonds is 7. The molecule has 114 valence electrons. The van der Waals surface area contributed by atoms with Gasteiger partial charge in [-0.3, -0.25) is 4.79 Å². The van der Waals surface area contributed by atoms with E-state index in [0.717, 1.165) is 11.3 Å². The number of carbonyl (C=O) groups is 1. The molecular formula is C15H25ClN2O2. The summed E-state index contributed by atoms with van der Waals surface area (Å²) in [5, 5.41) is 2.79. The molecule has 0 saturated heterocycles. The van der Waals surface area contributed by atoms with E-state index in [1.807, 2.05) is 31.2 Å². The zero-order valence-corrected chi connectivity index (χ0v) is 13.2. The third-order valence-corrected chi connectivity index (χ3v) is 2.81. The molecule has 20 heavy (non-hydrogen) atoms. The van der Waals surface area contributed by atoms with Gasteiger partial charge in [0.15, 0.2) is 0 Å². The Labute approximate surface area is 127 Å². The first-order chi connectivity index (χ1) is 9.00. The molecule has 0 aliphatic carbocycles. The van der Waals surface area contributed by atoms with Crippen LogP contribution in [0.15, 0.2) is 24.3 Å². The van der Waals surface area contributed by atoms with Gasteiger partial charge in [-0.05, 0) is 30.9 Å². The van der Waals surface area contributed by atoms with Gasteiger partial charge >= 0.3 is 0 Å². The predicted molar refractivity (Wildman–Crippen MR) is 84.4 cm³/mol. The lowest BCUT2D eigenvalue weighted by Crippen LogP contribution is -2.42. The van der Waals surface area contributed by atoms with E-state index in [0.29, 0.717) is 25.5 Å². The van der Waals surface area contributed by atoms with Gasteiger partial charge in [-0.1, -0.05) is 32.0 Å². The van der Waals surface area contributed by atoms with Gasteiger partial charge in [0.2, 0.25) is 5.91 Å². The van der Waals surface area contributed by atoms with Gasteiger partial charge in [-0.2, -0.15) is 0 Å². The van der Waals surface area contributed by atoms with Crippen molar-refractivity contribution < 1.29 is 9.53 Å². The Bertz CT molecular complexity index is 411. The molecule has 1 rings (SSSR count). The van der Waals surface area contributed by atoms with E-state index in [-0.39, 0.29) is 18.3 Å². The zero-order chi connectivity index (χ0) is 14.3. The summed E-state index contributed by atoms with van der Waals surface area (Å²) in [6.45, 7) is 7.01. The van der Waals surface area contributed by atoms with Gasteiger partial charge in [0, 0.05) is 0 Å². The van der Waals surface area contributed by atoms with Crippen LogP contribution in [0.4, 0.5) is 0 Å². The van der Waals surface area contributed by atoms with E-state index < -0.39 is 6.04 Å². The van der Waals surface area contributed by atoms with Gasteiger partial charge in [0.1, 0.15) is 12.4 Å². The van der Waals surface area contributed by atoms with Crippen molar-refractivity contribution in [3.05, 3.63) is 29.8 Å². The van der Waals surface area contributed by atoms with Crippen molar-refractivity contribution in [3.63, 3.8) is 0 Å². The highest BCUT2D eigenvalue weighted by atomic mass is 35.5. The fourth-order valence-electron chi connectivity index (χ4n) is 1.80. The van der Waals surface area contributed by atoms with E-state index in [2.05, 4.69) is 19.2 Å². The number of ether oxygens (including phenoxy) is 1. The second-order valence-corrected chi connectivity index (χ2v) is 5.14. The highest BCUT2D eigenvalue weighted by Gasteiger charge is 2.14. The second-order valence-electron chi connectivity index (χ2n) is 5.14. The third kappa shape index (κ3) is 6.78. The molecule has 1 amide bonds. The Kier molecular flexibility index (Phi) is 9.01. The van der Waals surface area contributed by atoms with Crippen LogP contribution in [-0.2, 0) is 4.79 Å². The molecule has 0 unspecified atom stereocenters. The van der Waals surface area contributed by atoms with Gasteiger partial charge in [-0.15, -0.1) is 12.4 Å². The zero-order valence-electron chi connectivity index (χ0n) is 12.4. The number of aryl methyl sites for hydroxylation is 1. The quantitative estimate of drug-likeness (QED) is 0.759. The molecule has 0 aromatic heterocycles. The van der Waals surface area contributed by atoms with Crippen LogP contribution in [0.2, 0.25) is 0 Å². The van der Waals surface area contributed by atoms with Crippen LogP contribution >= 0.6 is 12.4 Å². The number of hydrogen-bond donors (Lipinski definition) is 2. The molecule has 0 heterocycles. The molecule has 0 saturated carbocycles. The van der Waals surface area contributed by atoms with Crippen LogP contribution in [0.3, 0.4) is 0 Å². The molecule has 1 aromatic rings. The number of nitrogens with one attached hydrogen (secondary N) is 1. The summed E-state index contributed by atoms with van der Waals surface area (Å²) in [6.07, 6.45) is 0.699. The van der Waals surface area contributed by atoms with Gasteiger partial charge in [-0.25, -0.2) is 0 Å². The average Bonchev–Trinajstić information content (AvgIpc) is 2.35. The number of amides is 1. The topological polar surface area (TPSA) is 64.3 Å². The first kappa shape index (κ1) is 18.7. The lowest BCUT2D eigenvalue weighted by Gasteiger charge is -2.14. The van der Waals surface area contributed by atoms with Crippen molar-refractivity contribution in [1.82, 2.24) is 5.32 Å². The molecular weight excluding hydrogens is 276 g/mol. The van der Waals surface area contributed by atoms with Gasteiger partial charge in [0.05, 0.1) is 12.6 Å². The minimum absolute atomic E-state index is 0. The molecule has 4 nitrogen and oxygen atoms in total. The van der Waals surface area contributed by atoms with Crippen molar-refractivity contribution >= 4 is 18.3 Å². The Morgan fingerprint density at radius 3 is 2.60 bits per heavy atom. The Hall–Kier alpha value is -1.26. The fraction of sp³-hybridized carbons (Fsp3) is 0.533. The van der Waals surface area contributed by atoms with Crippen LogP contribution < -0.4 is 15.8 Å². The second kappa shape index (κ2) is 9.61. The lowest BCUT2D eigenvalue weighted by molar-refractivity contribution is -0.122. The van der Waals surface area contributed by atoms with E-state index >= 15 is 0 Å². The maximum absolute atomic E-state index is 11.7. The molecule has 0 spiro atoms. The Balaban J connectivity index is 0.00000361. The lowest BCUT2D eigenvalue weighted by atomic mass is 10.0. The van der Waals surface area contributed by atoms with Crippen LogP contribution in [0.5, 0.6) is 5.75 Å². The van der Waals surface area contributed by atoms with E-state index in [9.17, 15) is 4.79 Å². The first-order valence-electron chi connectivity index (χ1n) is 6.72. The number of carbonyl (C=O) groups excluding carboxylic acids is 1. The number of para-hydroxylation sites is 1. The molecule has 1 atom stereocenters. The molecule has 0 aliphatic heterocycles. The summed E-state index contributed by atoms with van der Waals surface area (Å²) in [7, 11) is 0. The summed E-state index contributed by atoms with van der Waals surface area (Å²) in [6, 6.07) is 7.38. The van der Waals surface area contributed by atoms with Crippen molar-refractivity contribution in [2.24, 2.45) is 11.7 Å².